The quantitative estimate of drug-likeness (QED) is 0.836. The number of furan rings is 1. The minimum atomic E-state index is 0.0692. The van der Waals surface area contributed by atoms with Crippen LogP contribution in [0.1, 0.15) is 18.9 Å². The van der Waals surface area contributed by atoms with Crippen LogP contribution in [0.2, 0.25) is 5.22 Å². The molecule has 1 unspecified atom stereocenters. The summed E-state index contributed by atoms with van der Waals surface area (Å²) in [7, 11) is 0. The fourth-order valence-electron chi connectivity index (χ4n) is 1.78. The Hall–Kier alpha value is -1.43. The van der Waals surface area contributed by atoms with Crippen LogP contribution in [-0.4, -0.2) is 6.04 Å². The molecule has 0 bridgehead atoms. The molecule has 17 heavy (non-hydrogen) atoms. The number of halogens is 1. The first kappa shape index (κ1) is 12.0. The molecular weight excluding hydrogens is 234 g/mol. The van der Waals surface area contributed by atoms with Crippen LogP contribution in [0.3, 0.4) is 0 Å². The average Bonchev–Trinajstić information content (AvgIpc) is 2.67. The average molecular weight is 248 g/mol. The predicted molar refractivity (Wildman–Crippen MR) is 71.0 cm³/mol. The molecule has 1 N–H and O–H groups in total. The van der Waals surface area contributed by atoms with Crippen LogP contribution in [0.25, 0.3) is 11.0 Å². The minimum absolute atomic E-state index is 0.0692. The Kier molecular flexibility index (Phi) is 3.73. The van der Waals surface area contributed by atoms with Crippen molar-refractivity contribution in [1.29, 1.82) is 0 Å². The van der Waals surface area contributed by atoms with Gasteiger partial charge in [0.25, 0.3) is 0 Å². The van der Waals surface area contributed by atoms with Crippen molar-refractivity contribution in [2.45, 2.75) is 25.9 Å². The monoisotopic (exact) mass is 247 g/mol. The summed E-state index contributed by atoms with van der Waals surface area (Å²) in [5.74, 6) is 2.70. The van der Waals surface area contributed by atoms with Crippen molar-refractivity contribution < 1.29 is 4.42 Å². The lowest BCUT2D eigenvalue weighted by atomic mass is 10.1. The maximum Gasteiger partial charge on any atom is 0.199 e. The van der Waals surface area contributed by atoms with Crippen molar-refractivity contribution in [1.82, 2.24) is 5.32 Å². The number of fused-ring (bicyclic) bond motifs is 1. The normalized spacial score (nSPS) is 12.5. The number of terminal acetylenes is 1. The molecule has 1 heterocycles. The highest BCUT2D eigenvalue weighted by Crippen LogP contribution is 2.29. The van der Waals surface area contributed by atoms with Crippen LogP contribution in [-0.2, 0) is 6.54 Å². The third kappa shape index (κ3) is 2.46. The number of rotatable bonds is 4. The van der Waals surface area contributed by atoms with Crippen LogP contribution in [0.4, 0.5) is 0 Å². The summed E-state index contributed by atoms with van der Waals surface area (Å²) >= 11 is 6.08. The zero-order valence-corrected chi connectivity index (χ0v) is 10.4. The molecule has 88 valence electrons. The van der Waals surface area contributed by atoms with Crippen LogP contribution in [0, 0.1) is 12.3 Å². The van der Waals surface area contributed by atoms with Crippen molar-refractivity contribution >= 4 is 22.6 Å². The molecule has 2 rings (SSSR count). The second kappa shape index (κ2) is 5.27. The van der Waals surface area contributed by atoms with Gasteiger partial charge < -0.3 is 4.42 Å². The van der Waals surface area contributed by atoms with Gasteiger partial charge in [0.2, 0.25) is 0 Å². The van der Waals surface area contributed by atoms with Gasteiger partial charge in [0.15, 0.2) is 5.22 Å². The first-order valence-electron chi connectivity index (χ1n) is 5.61. The molecule has 0 spiro atoms. The Labute approximate surface area is 106 Å². The fourth-order valence-corrected chi connectivity index (χ4v) is 2.03. The molecule has 0 radical (unpaired) electrons. The highest BCUT2D eigenvalue weighted by Gasteiger charge is 2.12. The van der Waals surface area contributed by atoms with Gasteiger partial charge in [-0.1, -0.05) is 31.0 Å². The summed E-state index contributed by atoms with van der Waals surface area (Å²) in [4.78, 5) is 0. The molecule has 1 aromatic heterocycles. The zero-order valence-electron chi connectivity index (χ0n) is 9.66. The standard InChI is InChI=1S/C14H14ClNO/c1-3-10(4-2)16-9-12-11-7-5-6-8-13(11)17-14(12)15/h1,5-8,10,16H,4,9H2,2H3. The van der Waals surface area contributed by atoms with Crippen molar-refractivity contribution in [2.75, 3.05) is 0 Å². The van der Waals surface area contributed by atoms with E-state index in [0.717, 1.165) is 23.0 Å². The number of benzene rings is 1. The summed E-state index contributed by atoms with van der Waals surface area (Å²) in [6, 6.07) is 7.87. The molecule has 0 amide bonds. The second-order valence-electron chi connectivity index (χ2n) is 3.86. The molecule has 1 aromatic carbocycles. The third-order valence-electron chi connectivity index (χ3n) is 2.78. The summed E-state index contributed by atoms with van der Waals surface area (Å²) in [5.41, 5.74) is 1.78. The Bertz CT molecular complexity index is 553. The van der Waals surface area contributed by atoms with Gasteiger partial charge in [-0.25, -0.2) is 0 Å². The lowest BCUT2D eigenvalue weighted by Gasteiger charge is -2.09. The van der Waals surface area contributed by atoms with E-state index in [1.807, 2.05) is 31.2 Å². The third-order valence-corrected chi connectivity index (χ3v) is 3.09. The number of hydrogen-bond acceptors (Lipinski definition) is 2. The second-order valence-corrected chi connectivity index (χ2v) is 4.20. The van der Waals surface area contributed by atoms with Crippen LogP contribution in [0.15, 0.2) is 28.7 Å². The number of nitrogens with one attached hydrogen (secondary N) is 1. The molecule has 2 aromatic rings. The van der Waals surface area contributed by atoms with E-state index in [2.05, 4.69) is 11.2 Å². The maximum absolute atomic E-state index is 6.08. The van der Waals surface area contributed by atoms with Gasteiger partial charge in [-0.2, -0.15) is 0 Å². The van der Waals surface area contributed by atoms with E-state index in [1.165, 1.54) is 0 Å². The molecule has 0 aliphatic heterocycles. The molecule has 1 atom stereocenters. The van der Waals surface area contributed by atoms with Gasteiger partial charge in [0, 0.05) is 17.5 Å². The van der Waals surface area contributed by atoms with E-state index in [9.17, 15) is 0 Å². The van der Waals surface area contributed by atoms with Crippen LogP contribution in [0.5, 0.6) is 0 Å². The fraction of sp³-hybridized carbons (Fsp3) is 0.286. The maximum atomic E-state index is 6.08. The zero-order chi connectivity index (χ0) is 12.3. The predicted octanol–water partition coefficient (Wildman–Crippen LogP) is 3.59. The number of para-hydroxylation sites is 1. The van der Waals surface area contributed by atoms with Crippen molar-refractivity contribution in [3.05, 3.63) is 35.0 Å². The summed E-state index contributed by atoms with van der Waals surface area (Å²) in [6.07, 6.45) is 6.30. The van der Waals surface area contributed by atoms with Gasteiger partial charge in [0.1, 0.15) is 5.58 Å². The van der Waals surface area contributed by atoms with Gasteiger partial charge >= 0.3 is 0 Å². The Balaban J connectivity index is 2.24. The van der Waals surface area contributed by atoms with E-state index in [1.54, 1.807) is 0 Å². The van der Waals surface area contributed by atoms with Gasteiger partial charge in [-0.05, 0) is 24.1 Å². The van der Waals surface area contributed by atoms with E-state index in [4.69, 9.17) is 22.4 Å². The topological polar surface area (TPSA) is 25.2 Å². The van der Waals surface area contributed by atoms with Crippen LogP contribution >= 0.6 is 11.6 Å². The smallest absolute Gasteiger partial charge is 0.199 e. The van der Waals surface area contributed by atoms with E-state index >= 15 is 0 Å². The molecule has 0 saturated carbocycles. The molecule has 3 heteroatoms. The van der Waals surface area contributed by atoms with E-state index in [-0.39, 0.29) is 6.04 Å². The Morgan fingerprint density at radius 3 is 2.94 bits per heavy atom. The molecule has 0 aliphatic carbocycles. The summed E-state index contributed by atoms with van der Waals surface area (Å²) < 4.78 is 5.47. The largest absolute Gasteiger partial charge is 0.444 e. The first-order valence-corrected chi connectivity index (χ1v) is 5.99. The molecule has 0 fully saturated rings. The van der Waals surface area contributed by atoms with E-state index in [0.29, 0.717) is 11.8 Å². The first-order chi connectivity index (χ1) is 8.26. The van der Waals surface area contributed by atoms with Gasteiger partial charge in [0.05, 0.1) is 6.04 Å². The van der Waals surface area contributed by atoms with Crippen molar-refractivity contribution in [3.8, 4) is 12.3 Å². The van der Waals surface area contributed by atoms with Gasteiger partial charge in [-0.3, -0.25) is 5.32 Å². The van der Waals surface area contributed by atoms with Gasteiger partial charge in [-0.15, -0.1) is 6.42 Å². The lowest BCUT2D eigenvalue weighted by molar-refractivity contribution is 0.576. The summed E-state index contributed by atoms with van der Waals surface area (Å²) in [6.45, 7) is 2.67. The highest BCUT2D eigenvalue weighted by molar-refractivity contribution is 6.30. The minimum Gasteiger partial charge on any atom is -0.444 e. The molecular formula is C14H14ClNO. The van der Waals surface area contributed by atoms with Crippen LogP contribution < -0.4 is 5.32 Å². The molecule has 2 nitrogen and oxygen atoms in total. The Morgan fingerprint density at radius 2 is 2.24 bits per heavy atom. The SMILES string of the molecule is C#CC(CC)NCc1c(Cl)oc2ccccc12. The lowest BCUT2D eigenvalue weighted by Crippen LogP contribution is -2.26. The summed E-state index contributed by atoms with van der Waals surface area (Å²) in [5, 5.41) is 4.75. The van der Waals surface area contributed by atoms with Crippen molar-refractivity contribution in [2.24, 2.45) is 0 Å². The van der Waals surface area contributed by atoms with E-state index < -0.39 is 0 Å². The Morgan fingerprint density at radius 1 is 1.47 bits per heavy atom. The number of hydrogen-bond donors (Lipinski definition) is 1. The van der Waals surface area contributed by atoms with Crippen molar-refractivity contribution in [3.63, 3.8) is 0 Å². The highest BCUT2D eigenvalue weighted by atomic mass is 35.5. The molecule has 0 aliphatic rings. The molecule has 0 saturated heterocycles.